The number of primary sulfonamides is 1. The molecular formula is C13H13FN2O4S2. The van der Waals surface area contributed by atoms with Gasteiger partial charge in [0.25, 0.3) is 10.0 Å². The molecule has 22 heavy (non-hydrogen) atoms. The van der Waals surface area contributed by atoms with Crippen LogP contribution in [0.5, 0.6) is 0 Å². The van der Waals surface area contributed by atoms with E-state index in [9.17, 15) is 21.2 Å². The predicted molar refractivity (Wildman–Crippen MR) is 79.8 cm³/mol. The van der Waals surface area contributed by atoms with Crippen molar-refractivity contribution in [3.63, 3.8) is 0 Å². The Bertz CT molecular complexity index is 908. The standard InChI is InChI=1S/C13H13FN2O4S2/c1-9-2-5-11(8-13(9)21(15,17)18)16-22(19,20)12-6-3-10(14)4-7-12/h2-8,16H,1H3,(H2,15,17,18). The lowest BCUT2D eigenvalue weighted by Crippen LogP contribution is -2.16. The van der Waals surface area contributed by atoms with Gasteiger partial charge in [-0.3, -0.25) is 4.72 Å². The molecule has 0 bridgehead atoms. The van der Waals surface area contributed by atoms with Crippen LogP contribution in [0.25, 0.3) is 0 Å². The fourth-order valence-corrected chi connectivity index (χ4v) is 3.66. The van der Waals surface area contributed by atoms with Crippen molar-refractivity contribution in [3.8, 4) is 0 Å². The third-order valence-corrected chi connectivity index (χ3v) is 5.32. The third-order valence-electron chi connectivity index (χ3n) is 2.87. The van der Waals surface area contributed by atoms with Crippen LogP contribution in [0.1, 0.15) is 5.56 Å². The van der Waals surface area contributed by atoms with Gasteiger partial charge < -0.3 is 0 Å². The number of hydrogen-bond acceptors (Lipinski definition) is 4. The Hall–Kier alpha value is -1.97. The number of halogens is 1. The maximum absolute atomic E-state index is 12.8. The molecule has 0 aliphatic heterocycles. The topological polar surface area (TPSA) is 106 Å². The molecule has 0 saturated heterocycles. The molecule has 3 N–H and O–H groups in total. The van der Waals surface area contributed by atoms with Gasteiger partial charge in [-0.15, -0.1) is 0 Å². The third kappa shape index (κ3) is 3.62. The normalized spacial score (nSPS) is 12.1. The molecular weight excluding hydrogens is 331 g/mol. The molecule has 9 heteroatoms. The Balaban J connectivity index is 2.40. The molecule has 2 rings (SSSR count). The lowest BCUT2D eigenvalue weighted by atomic mass is 10.2. The highest BCUT2D eigenvalue weighted by atomic mass is 32.2. The molecule has 0 amide bonds. The van der Waals surface area contributed by atoms with Crippen LogP contribution in [0.15, 0.2) is 52.3 Å². The SMILES string of the molecule is Cc1ccc(NS(=O)(=O)c2ccc(F)cc2)cc1S(N)(=O)=O. The highest BCUT2D eigenvalue weighted by molar-refractivity contribution is 7.92. The number of aryl methyl sites for hydroxylation is 1. The molecule has 0 fully saturated rings. The fraction of sp³-hybridized carbons (Fsp3) is 0.0769. The summed E-state index contributed by atoms with van der Waals surface area (Å²) in [5.74, 6) is -0.564. The van der Waals surface area contributed by atoms with Gasteiger partial charge in [0.05, 0.1) is 15.5 Å². The van der Waals surface area contributed by atoms with Crippen LogP contribution < -0.4 is 9.86 Å². The average Bonchev–Trinajstić information content (AvgIpc) is 2.40. The summed E-state index contributed by atoms with van der Waals surface area (Å²) < 4.78 is 62.2. The van der Waals surface area contributed by atoms with Gasteiger partial charge in [0.15, 0.2) is 0 Å². The molecule has 0 aliphatic rings. The highest BCUT2D eigenvalue weighted by Gasteiger charge is 2.17. The summed E-state index contributed by atoms with van der Waals surface area (Å²) in [6.45, 7) is 1.54. The first-order valence-corrected chi connectivity index (χ1v) is 9.04. The van der Waals surface area contributed by atoms with Gasteiger partial charge in [-0.05, 0) is 48.9 Å². The number of nitrogens with one attached hydrogen (secondary N) is 1. The summed E-state index contributed by atoms with van der Waals surface area (Å²) >= 11 is 0. The Kier molecular flexibility index (Phi) is 4.23. The van der Waals surface area contributed by atoms with E-state index in [-0.39, 0.29) is 15.5 Å². The molecule has 0 aromatic heterocycles. The molecule has 0 unspecified atom stereocenters. The van der Waals surface area contributed by atoms with Crippen LogP contribution in [0.4, 0.5) is 10.1 Å². The molecule has 2 aromatic rings. The average molecular weight is 344 g/mol. The van der Waals surface area contributed by atoms with E-state index in [0.717, 1.165) is 30.3 Å². The van der Waals surface area contributed by atoms with Crippen molar-refractivity contribution in [1.82, 2.24) is 0 Å². The molecule has 0 saturated carbocycles. The molecule has 0 aliphatic carbocycles. The summed E-state index contributed by atoms with van der Waals surface area (Å²) in [5.41, 5.74) is 0.436. The fourth-order valence-electron chi connectivity index (χ4n) is 1.80. The molecule has 0 spiro atoms. The van der Waals surface area contributed by atoms with Gasteiger partial charge in [0.2, 0.25) is 10.0 Å². The zero-order valence-corrected chi connectivity index (χ0v) is 13.1. The Morgan fingerprint density at radius 2 is 1.59 bits per heavy atom. The van der Waals surface area contributed by atoms with Gasteiger partial charge in [-0.2, -0.15) is 0 Å². The van der Waals surface area contributed by atoms with Crippen LogP contribution in [-0.4, -0.2) is 16.8 Å². The largest absolute Gasteiger partial charge is 0.280 e. The number of rotatable bonds is 4. The highest BCUT2D eigenvalue weighted by Crippen LogP contribution is 2.22. The molecule has 2 aromatic carbocycles. The minimum Gasteiger partial charge on any atom is -0.280 e. The van der Waals surface area contributed by atoms with Gasteiger partial charge in [-0.25, -0.2) is 26.4 Å². The summed E-state index contributed by atoms with van der Waals surface area (Å²) in [6, 6.07) is 8.21. The maximum atomic E-state index is 12.8. The molecule has 0 atom stereocenters. The van der Waals surface area contributed by atoms with E-state index < -0.39 is 25.9 Å². The Morgan fingerprint density at radius 3 is 2.14 bits per heavy atom. The Morgan fingerprint density at radius 1 is 1.00 bits per heavy atom. The zero-order chi connectivity index (χ0) is 16.5. The second kappa shape index (κ2) is 5.67. The molecule has 118 valence electrons. The quantitative estimate of drug-likeness (QED) is 0.878. The van der Waals surface area contributed by atoms with E-state index in [1.165, 1.54) is 19.1 Å². The van der Waals surface area contributed by atoms with Crippen molar-refractivity contribution < 1.29 is 21.2 Å². The van der Waals surface area contributed by atoms with Crippen LogP contribution in [0, 0.1) is 12.7 Å². The van der Waals surface area contributed by atoms with Gasteiger partial charge in [0.1, 0.15) is 5.82 Å². The van der Waals surface area contributed by atoms with Crippen LogP contribution in [0.2, 0.25) is 0 Å². The van der Waals surface area contributed by atoms with E-state index in [1.54, 1.807) is 0 Å². The van der Waals surface area contributed by atoms with E-state index in [4.69, 9.17) is 5.14 Å². The monoisotopic (exact) mass is 344 g/mol. The maximum Gasteiger partial charge on any atom is 0.261 e. The second-order valence-corrected chi connectivity index (χ2v) is 7.80. The summed E-state index contributed by atoms with van der Waals surface area (Å²) in [5, 5.41) is 5.07. The van der Waals surface area contributed by atoms with Crippen LogP contribution in [0.3, 0.4) is 0 Å². The van der Waals surface area contributed by atoms with E-state index >= 15 is 0 Å². The number of sulfonamides is 2. The zero-order valence-electron chi connectivity index (χ0n) is 11.4. The lowest BCUT2D eigenvalue weighted by molar-refractivity contribution is 0.595. The first-order chi connectivity index (χ1) is 10.1. The molecule has 0 radical (unpaired) electrons. The first-order valence-electron chi connectivity index (χ1n) is 6.01. The van der Waals surface area contributed by atoms with Crippen molar-refractivity contribution >= 4 is 25.7 Å². The van der Waals surface area contributed by atoms with E-state index in [0.29, 0.717) is 5.56 Å². The number of hydrogen-bond donors (Lipinski definition) is 2. The summed E-state index contributed by atoms with van der Waals surface area (Å²) in [4.78, 5) is -0.321. The van der Waals surface area contributed by atoms with Gasteiger partial charge in [-0.1, -0.05) is 6.07 Å². The minimum atomic E-state index is -3.97. The van der Waals surface area contributed by atoms with Crippen molar-refractivity contribution in [1.29, 1.82) is 0 Å². The predicted octanol–water partition coefficient (Wildman–Crippen LogP) is 1.58. The molecule has 6 nitrogen and oxygen atoms in total. The van der Waals surface area contributed by atoms with Gasteiger partial charge >= 0.3 is 0 Å². The van der Waals surface area contributed by atoms with Crippen molar-refractivity contribution in [2.45, 2.75) is 16.7 Å². The summed E-state index contributed by atoms with van der Waals surface area (Å²) in [6.07, 6.45) is 0. The summed E-state index contributed by atoms with van der Waals surface area (Å²) in [7, 11) is -7.92. The van der Waals surface area contributed by atoms with Crippen LogP contribution >= 0.6 is 0 Å². The van der Waals surface area contributed by atoms with Crippen molar-refractivity contribution in [3.05, 3.63) is 53.8 Å². The second-order valence-electron chi connectivity index (χ2n) is 4.58. The number of benzene rings is 2. The number of anilines is 1. The van der Waals surface area contributed by atoms with Crippen LogP contribution in [-0.2, 0) is 20.0 Å². The van der Waals surface area contributed by atoms with E-state index in [1.807, 2.05) is 0 Å². The minimum absolute atomic E-state index is 0.0407. The first kappa shape index (κ1) is 16.4. The van der Waals surface area contributed by atoms with Crippen molar-refractivity contribution in [2.75, 3.05) is 4.72 Å². The van der Waals surface area contributed by atoms with Crippen molar-refractivity contribution in [2.24, 2.45) is 5.14 Å². The smallest absolute Gasteiger partial charge is 0.261 e. The van der Waals surface area contributed by atoms with Gasteiger partial charge in [0, 0.05) is 0 Å². The number of nitrogens with two attached hydrogens (primary N) is 1. The lowest BCUT2D eigenvalue weighted by Gasteiger charge is -2.10. The Labute approximate surface area is 127 Å². The molecule has 0 heterocycles. The van der Waals surface area contributed by atoms with E-state index in [2.05, 4.69) is 4.72 Å².